The van der Waals surface area contributed by atoms with Crippen LogP contribution in [0.1, 0.15) is 50.9 Å². The molecule has 1 atom stereocenters. The Kier molecular flexibility index (Phi) is 10.2. The van der Waals surface area contributed by atoms with E-state index in [1.54, 1.807) is 58.3 Å². The zero-order chi connectivity index (χ0) is 29.3. The highest BCUT2D eigenvalue weighted by molar-refractivity contribution is 5.77. The molecule has 1 aromatic heterocycles. The summed E-state index contributed by atoms with van der Waals surface area (Å²) in [5.74, 6) is -0.824. The number of hydrogen-bond acceptors (Lipinski definition) is 9. The summed E-state index contributed by atoms with van der Waals surface area (Å²) >= 11 is 0. The summed E-state index contributed by atoms with van der Waals surface area (Å²) in [4.78, 5) is 44.4. The quantitative estimate of drug-likeness (QED) is 0.320. The molecular formula is C30H34N2O8. The summed E-state index contributed by atoms with van der Waals surface area (Å²) in [7, 11) is 1.57. The van der Waals surface area contributed by atoms with Gasteiger partial charge in [0.2, 0.25) is 6.10 Å². The highest BCUT2D eigenvalue weighted by atomic mass is 16.6. The molecule has 1 heterocycles. The zero-order valence-electron chi connectivity index (χ0n) is 23.3. The topological polar surface area (TPSA) is 134 Å². The Balaban J connectivity index is 1.83. The number of aromatic nitrogens is 2. The lowest BCUT2D eigenvalue weighted by atomic mass is 10.0. The van der Waals surface area contributed by atoms with Crippen molar-refractivity contribution in [2.45, 2.75) is 65.3 Å². The number of carbonyl (C=O) groups is 3. The van der Waals surface area contributed by atoms with Crippen LogP contribution in [-0.2, 0) is 43.3 Å². The van der Waals surface area contributed by atoms with Gasteiger partial charge in [-0.15, -0.1) is 0 Å². The SMILES string of the molecule is COc1ccccc1-c1nccc(COc2ccc(CCC(=O)OC(C)(C)C)cc2CC(OC(C)=O)C(=O)O)n1. The standard InChI is InChI=1S/C30H34N2O8/c1-19(33)39-26(29(35)36)17-21-16-20(11-13-27(34)40-30(2,3)4)10-12-24(21)38-18-22-14-15-31-28(32-22)23-8-6-7-9-25(23)37-5/h6-10,12,14-16,26H,11,13,17-18H2,1-5H3,(H,35,36). The van der Waals surface area contributed by atoms with Gasteiger partial charge in [-0.05, 0) is 62.6 Å². The Morgan fingerprint density at radius 3 is 2.45 bits per heavy atom. The van der Waals surface area contributed by atoms with Gasteiger partial charge in [-0.1, -0.05) is 24.3 Å². The van der Waals surface area contributed by atoms with Crippen LogP contribution in [-0.4, -0.2) is 51.8 Å². The summed E-state index contributed by atoms with van der Waals surface area (Å²) in [5.41, 5.74) is 2.01. The van der Waals surface area contributed by atoms with Crippen LogP contribution in [0.3, 0.4) is 0 Å². The van der Waals surface area contributed by atoms with E-state index >= 15 is 0 Å². The van der Waals surface area contributed by atoms with E-state index in [0.717, 1.165) is 18.1 Å². The summed E-state index contributed by atoms with van der Waals surface area (Å²) < 4.78 is 21.9. The molecule has 10 nitrogen and oxygen atoms in total. The molecule has 3 rings (SSSR count). The van der Waals surface area contributed by atoms with Crippen LogP contribution in [0.15, 0.2) is 54.7 Å². The van der Waals surface area contributed by atoms with Crippen LogP contribution in [0.4, 0.5) is 0 Å². The Hall–Kier alpha value is -4.47. The largest absolute Gasteiger partial charge is 0.496 e. The van der Waals surface area contributed by atoms with Gasteiger partial charge in [-0.2, -0.15) is 0 Å². The lowest BCUT2D eigenvalue weighted by molar-refractivity contribution is -0.162. The molecule has 0 saturated heterocycles. The van der Waals surface area contributed by atoms with Gasteiger partial charge in [-0.25, -0.2) is 14.8 Å². The first-order valence-electron chi connectivity index (χ1n) is 12.8. The van der Waals surface area contributed by atoms with E-state index in [-0.39, 0.29) is 25.4 Å². The highest BCUT2D eigenvalue weighted by Gasteiger charge is 2.24. The van der Waals surface area contributed by atoms with Gasteiger partial charge in [-0.3, -0.25) is 9.59 Å². The number of carboxylic acid groups (broad SMARTS) is 1. The molecule has 0 spiro atoms. The van der Waals surface area contributed by atoms with Crippen LogP contribution < -0.4 is 9.47 Å². The third-order valence-electron chi connectivity index (χ3n) is 5.59. The fraction of sp³-hybridized carbons (Fsp3) is 0.367. The first-order chi connectivity index (χ1) is 18.9. The molecule has 0 fully saturated rings. The number of nitrogens with zero attached hydrogens (tertiary/aromatic N) is 2. The predicted molar refractivity (Wildman–Crippen MR) is 146 cm³/mol. The molecule has 0 aliphatic carbocycles. The summed E-state index contributed by atoms with van der Waals surface area (Å²) in [6.45, 7) is 6.62. The van der Waals surface area contributed by atoms with Crippen molar-refractivity contribution >= 4 is 17.9 Å². The van der Waals surface area contributed by atoms with E-state index in [0.29, 0.717) is 35.0 Å². The Labute approximate surface area is 233 Å². The summed E-state index contributed by atoms with van der Waals surface area (Å²) in [6, 6.07) is 14.4. The van der Waals surface area contributed by atoms with Crippen molar-refractivity contribution in [2.24, 2.45) is 0 Å². The average molecular weight is 551 g/mol. The van der Waals surface area contributed by atoms with Crippen molar-refractivity contribution in [3.63, 3.8) is 0 Å². The molecule has 3 aromatic rings. The molecule has 1 N–H and O–H groups in total. The number of benzene rings is 2. The van der Waals surface area contributed by atoms with Gasteiger partial charge in [0.15, 0.2) is 5.82 Å². The number of esters is 2. The second-order valence-electron chi connectivity index (χ2n) is 10.0. The second kappa shape index (κ2) is 13.5. The van der Waals surface area contributed by atoms with E-state index in [1.807, 2.05) is 24.3 Å². The monoisotopic (exact) mass is 550 g/mol. The summed E-state index contributed by atoms with van der Waals surface area (Å²) in [5, 5.41) is 9.61. The number of para-hydroxylation sites is 1. The van der Waals surface area contributed by atoms with Crippen molar-refractivity contribution in [3.8, 4) is 22.9 Å². The van der Waals surface area contributed by atoms with Crippen LogP contribution in [0, 0.1) is 0 Å². The molecule has 2 aromatic carbocycles. The Bertz CT molecular complexity index is 1350. The van der Waals surface area contributed by atoms with Crippen molar-refractivity contribution in [1.29, 1.82) is 0 Å². The molecule has 0 radical (unpaired) electrons. The van der Waals surface area contributed by atoms with Crippen molar-refractivity contribution in [3.05, 3.63) is 71.5 Å². The maximum Gasteiger partial charge on any atom is 0.345 e. The number of methoxy groups -OCH3 is 1. The second-order valence-corrected chi connectivity index (χ2v) is 10.0. The number of rotatable bonds is 12. The molecule has 0 aliphatic rings. The normalized spacial score (nSPS) is 11.8. The lowest BCUT2D eigenvalue weighted by Gasteiger charge is -2.20. The number of carbonyl (C=O) groups excluding carboxylic acids is 2. The minimum absolute atomic E-state index is 0.0697. The van der Waals surface area contributed by atoms with E-state index < -0.39 is 23.6 Å². The third kappa shape index (κ3) is 9.07. The van der Waals surface area contributed by atoms with Crippen LogP contribution in [0.2, 0.25) is 0 Å². The first-order valence-corrected chi connectivity index (χ1v) is 12.8. The number of aliphatic carboxylic acids is 1. The fourth-order valence-electron chi connectivity index (χ4n) is 3.89. The number of ether oxygens (including phenoxy) is 4. The molecule has 0 amide bonds. The maximum atomic E-state index is 12.2. The highest BCUT2D eigenvalue weighted by Crippen LogP contribution is 2.28. The van der Waals surface area contributed by atoms with Gasteiger partial charge in [0.05, 0.1) is 18.4 Å². The molecule has 40 heavy (non-hydrogen) atoms. The molecule has 212 valence electrons. The van der Waals surface area contributed by atoms with Gasteiger partial charge in [0.1, 0.15) is 23.7 Å². The number of hydrogen-bond donors (Lipinski definition) is 1. The average Bonchev–Trinajstić information content (AvgIpc) is 2.90. The predicted octanol–water partition coefficient (Wildman–Crippen LogP) is 4.56. The molecule has 1 unspecified atom stereocenters. The van der Waals surface area contributed by atoms with Crippen LogP contribution in [0.5, 0.6) is 11.5 Å². The number of aryl methyl sites for hydroxylation is 1. The van der Waals surface area contributed by atoms with E-state index in [2.05, 4.69) is 9.97 Å². The van der Waals surface area contributed by atoms with Gasteiger partial charge in [0.25, 0.3) is 0 Å². The van der Waals surface area contributed by atoms with Gasteiger partial charge in [0, 0.05) is 26.0 Å². The first kappa shape index (κ1) is 30.1. The van der Waals surface area contributed by atoms with Crippen LogP contribution in [0.25, 0.3) is 11.4 Å². The van der Waals surface area contributed by atoms with E-state index in [1.165, 1.54) is 0 Å². The fourth-order valence-corrected chi connectivity index (χ4v) is 3.89. The van der Waals surface area contributed by atoms with E-state index in [4.69, 9.17) is 18.9 Å². The molecule has 10 heteroatoms. The number of carboxylic acids is 1. The zero-order valence-corrected chi connectivity index (χ0v) is 23.3. The minimum atomic E-state index is -1.41. The van der Waals surface area contributed by atoms with Gasteiger partial charge >= 0.3 is 17.9 Å². The summed E-state index contributed by atoms with van der Waals surface area (Å²) in [6.07, 6.45) is 0.616. The molecule has 0 saturated carbocycles. The molecule has 0 aliphatic heterocycles. The van der Waals surface area contributed by atoms with Gasteiger partial charge < -0.3 is 24.1 Å². The smallest absolute Gasteiger partial charge is 0.345 e. The third-order valence-corrected chi connectivity index (χ3v) is 5.59. The molecule has 0 bridgehead atoms. The Morgan fingerprint density at radius 2 is 1.77 bits per heavy atom. The van der Waals surface area contributed by atoms with E-state index in [9.17, 15) is 19.5 Å². The Morgan fingerprint density at radius 1 is 1.02 bits per heavy atom. The van der Waals surface area contributed by atoms with Crippen molar-refractivity contribution in [2.75, 3.05) is 7.11 Å². The lowest BCUT2D eigenvalue weighted by Crippen LogP contribution is -2.28. The minimum Gasteiger partial charge on any atom is -0.496 e. The maximum absolute atomic E-state index is 12.2. The van der Waals surface area contributed by atoms with Crippen LogP contribution >= 0.6 is 0 Å². The molecular weight excluding hydrogens is 516 g/mol. The van der Waals surface area contributed by atoms with Crippen molar-refractivity contribution < 1.29 is 38.4 Å². The van der Waals surface area contributed by atoms with Crippen molar-refractivity contribution in [1.82, 2.24) is 9.97 Å².